The number of carbonyl (C=O) groups excluding carboxylic acids is 1. The normalized spacial score (nSPS) is 15.5. The van der Waals surface area contributed by atoms with E-state index in [2.05, 4.69) is 35.2 Å². The van der Waals surface area contributed by atoms with E-state index in [1.165, 1.54) is 5.56 Å². The highest BCUT2D eigenvalue weighted by molar-refractivity contribution is 5.95. The van der Waals surface area contributed by atoms with Gasteiger partial charge >= 0.3 is 0 Å². The van der Waals surface area contributed by atoms with Crippen molar-refractivity contribution in [2.75, 3.05) is 39.8 Å². The Morgan fingerprint density at radius 2 is 1.74 bits per heavy atom. The Balaban J connectivity index is 1.51. The van der Waals surface area contributed by atoms with Gasteiger partial charge < -0.3 is 14.5 Å². The Hall–Kier alpha value is -2.17. The highest BCUT2D eigenvalue weighted by Gasteiger charge is 2.21. The third-order valence-electron chi connectivity index (χ3n) is 5.21. The van der Waals surface area contributed by atoms with Crippen molar-refractivity contribution in [3.8, 4) is 0 Å². The second-order valence-corrected chi connectivity index (χ2v) is 7.17. The van der Waals surface area contributed by atoms with Crippen LogP contribution in [0.4, 0.5) is 0 Å². The molecule has 0 N–H and O–H groups in total. The van der Waals surface area contributed by atoms with Gasteiger partial charge in [-0.15, -0.1) is 0 Å². The Bertz CT molecular complexity index is 717. The summed E-state index contributed by atoms with van der Waals surface area (Å²) in [5, 5.41) is 0. The molecule has 0 spiro atoms. The van der Waals surface area contributed by atoms with Crippen LogP contribution in [0.25, 0.3) is 0 Å². The van der Waals surface area contributed by atoms with Crippen LogP contribution in [-0.2, 0) is 17.8 Å². The summed E-state index contributed by atoms with van der Waals surface area (Å²) in [5.74, 6) is 0.133. The molecule has 0 aromatic heterocycles. The topological polar surface area (TPSA) is 32.8 Å². The standard InChI is InChI=1S/C23H30N2O2/c1-27-19-21-12-5-6-13-22(21)23(26)25-16-8-15-24(17-18-25)14-7-11-20-9-3-2-4-10-20/h2-6,9-10,12-13H,7-8,11,14-19H2,1H3. The van der Waals surface area contributed by atoms with Crippen molar-refractivity contribution in [2.45, 2.75) is 25.9 Å². The fourth-order valence-corrected chi connectivity index (χ4v) is 3.73. The lowest BCUT2D eigenvalue weighted by molar-refractivity contribution is 0.0756. The van der Waals surface area contributed by atoms with E-state index >= 15 is 0 Å². The number of ether oxygens (including phenoxy) is 1. The van der Waals surface area contributed by atoms with Gasteiger partial charge in [-0.05, 0) is 49.5 Å². The number of hydrogen-bond donors (Lipinski definition) is 0. The van der Waals surface area contributed by atoms with Crippen LogP contribution in [0.15, 0.2) is 54.6 Å². The molecule has 0 atom stereocenters. The molecule has 0 unspecified atom stereocenters. The Morgan fingerprint density at radius 1 is 0.963 bits per heavy atom. The number of benzene rings is 2. The Morgan fingerprint density at radius 3 is 2.56 bits per heavy atom. The van der Waals surface area contributed by atoms with E-state index in [-0.39, 0.29) is 5.91 Å². The molecule has 1 aliphatic heterocycles. The van der Waals surface area contributed by atoms with Crippen molar-refractivity contribution >= 4 is 5.91 Å². The minimum absolute atomic E-state index is 0.133. The summed E-state index contributed by atoms with van der Waals surface area (Å²) in [5.41, 5.74) is 3.14. The maximum atomic E-state index is 13.0. The van der Waals surface area contributed by atoms with E-state index in [9.17, 15) is 4.79 Å². The molecule has 0 radical (unpaired) electrons. The van der Waals surface area contributed by atoms with Crippen LogP contribution in [0.3, 0.4) is 0 Å². The number of hydrogen-bond acceptors (Lipinski definition) is 3. The summed E-state index contributed by atoms with van der Waals surface area (Å²) in [6.07, 6.45) is 3.31. The lowest BCUT2D eigenvalue weighted by Gasteiger charge is -2.23. The molecule has 144 valence electrons. The largest absolute Gasteiger partial charge is 0.380 e. The van der Waals surface area contributed by atoms with Crippen molar-refractivity contribution in [3.05, 3.63) is 71.3 Å². The minimum Gasteiger partial charge on any atom is -0.380 e. The lowest BCUT2D eigenvalue weighted by atomic mass is 10.1. The molecule has 1 heterocycles. The van der Waals surface area contributed by atoms with E-state index in [0.717, 1.165) is 63.1 Å². The second kappa shape index (κ2) is 10.2. The van der Waals surface area contributed by atoms with E-state index in [1.807, 2.05) is 29.2 Å². The van der Waals surface area contributed by atoms with Crippen molar-refractivity contribution in [3.63, 3.8) is 0 Å². The smallest absolute Gasteiger partial charge is 0.254 e. The summed E-state index contributed by atoms with van der Waals surface area (Å²) < 4.78 is 5.25. The molecule has 0 aliphatic carbocycles. The molecule has 3 rings (SSSR count). The number of nitrogens with zero attached hydrogens (tertiary/aromatic N) is 2. The summed E-state index contributed by atoms with van der Waals surface area (Å²) in [6, 6.07) is 18.4. The van der Waals surface area contributed by atoms with E-state index in [0.29, 0.717) is 6.61 Å². The van der Waals surface area contributed by atoms with Crippen molar-refractivity contribution in [2.24, 2.45) is 0 Å². The quantitative estimate of drug-likeness (QED) is 0.750. The molecular weight excluding hydrogens is 336 g/mol. The highest BCUT2D eigenvalue weighted by Crippen LogP contribution is 2.15. The van der Waals surface area contributed by atoms with Gasteiger partial charge in [-0.1, -0.05) is 48.5 Å². The number of methoxy groups -OCH3 is 1. The van der Waals surface area contributed by atoms with Gasteiger partial charge in [0.15, 0.2) is 0 Å². The van der Waals surface area contributed by atoms with Gasteiger partial charge in [0.05, 0.1) is 6.61 Å². The third-order valence-corrected chi connectivity index (χ3v) is 5.21. The first kappa shape index (κ1) is 19.6. The molecule has 2 aromatic rings. The highest BCUT2D eigenvalue weighted by atomic mass is 16.5. The zero-order valence-electron chi connectivity index (χ0n) is 16.3. The molecule has 0 bridgehead atoms. The average Bonchev–Trinajstić information content (AvgIpc) is 2.95. The fourth-order valence-electron chi connectivity index (χ4n) is 3.73. The van der Waals surface area contributed by atoms with Crippen LogP contribution >= 0.6 is 0 Å². The fraction of sp³-hybridized carbons (Fsp3) is 0.435. The van der Waals surface area contributed by atoms with Crippen LogP contribution in [0.5, 0.6) is 0 Å². The maximum Gasteiger partial charge on any atom is 0.254 e. The van der Waals surface area contributed by atoms with Gasteiger partial charge in [-0.2, -0.15) is 0 Å². The third kappa shape index (κ3) is 5.65. The van der Waals surface area contributed by atoms with Gasteiger partial charge in [0.1, 0.15) is 0 Å². The van der Waals surface area contributed by atoms with Crippen LogP contribution in [0.2, 0.25) is 0 Å². The summed E-state index contributed by atoms with van der Waals surface area (Å²) in [7, 11) is 1.67. The van der Waals surface area contributed by atoms with E-state index < -0.39 is 0 Å². The van der Waals surface area contributed by atoms with Gasteiger partial charge in [0.2, 0.25) is 0 Å². The molecular formula is C23H30N2O2. The molecule has 1 amide bonds. The minimum atomic E-state index is 0.133. The number of aryl methyl sites for hydroxylation is 1. The van der Waals surface area contributed by atoms with Crippen molar-refractivity contribution in [1.29, 1.82) is 0 Å². The van der Waals surface area contributed by atoms with Crippen LogP contribution in [0.1, 0.15) is 34.3 Å². The van der Waals surface area contributed by atoms with Crippen molar-refractivity contribution < 1.29 is 9.53 Å². The van der Waals surface area contributed by atoms with Gasteiger partial charge in [0.25, 0.3) is 5.91 Å². The monoisotopic (exact) mass is 366 g/mol. The lowest BCUT2D eigenvalue weighted by Crippen LogP contribution is -2.36. The molecule has 1 saturated heterocycles. The molecule has 1 aliphatic rings. The van der Waals surface area contributed by atoms with Gasteiger partial charge in [-0.25, -0.2) is 0 Å². The summed E-state index contributed by atoms with van der Waals surface area (Å²) >= 11 is 0. The first-order valence-corrected chi connectivity index (χ1v) is 9.90. The van der Waals surface area contributed by atoms with Crippen LogP contribution in [-0.4, -0.2) is 55.5 Å². The molecule has 4 nitrogen and oxygen atoms in total. The molecule has 0 saturated carbocycles. The summed E-state index contributed by atoms with van der Waals surface area (Å²) in [6.45, 7) is 5.21. The first-order chi connectivity index (χ1) is 13.3. The van der Waals surface area contributed by atoms with Gasteiger partial charge in [-0.3, -0.25) is 4.79 Å². The van der Waals surface area contributed by atoms with Crippen molar-refractivity contribution in [1.82, 2.24) is 9.80 Å². The van der Waals surface area contributed by atoms with E-state index in [4.69, 9.17) is 4.74 Å². The molecule has 2 aromatic carbocycles. The molecule has 4 heteroatoms. The van der Waals surface area contributed by atoms with Gasteiger partial charge in [0, 0.05) is 32.3 Å². The van der Waals surface area contributed by atoms with E-state index in [1.54, 1.807) is 7.11 Å². The zero-order valence-corrected chi connectivity index (χ0v) is 16.3. The number of amides is 1. The molecule has 27 heavy (non-hydrogen) atoms. The maximum absolute atomic E-state index is 13.0. The number of carbonyl (C=O) groups is 1. The predicted octanol–water partition coefficient (Wildman–Crippen LogP) is 3.61. The van der Waals surface area contributed by atoms with Crippen LogP contribution < -0.4 is 0 Å². The summed E-state index contributed by atoms with van der Waals surface area (Å²) in [4.78, 5) is 17.5. The van der Waals surface area contributed by atoms with Crippen LogP contribution in [0, 0.1) is 0 Å². The first-order valence-electron chi connectivity index (χ1n) is 9.90. The predicted molar refractivity (Wildman–Crippen MR) is 109 cm³/mol. The second-order valence-electron chi connectivity index (χ2n) is 7.17. The molecule has 1 fully saturated rings. The Labute approximate surface area is 162 Å². The average molecular weight is 367 g/mol. The Kier molecular flexibility index (Phi) is 7.43. The number of rotatable bonds is 7. The zero-order chi connectivity index (χ0) is 18.9. The SMILES string of the molecule is COCc1ccccc1C(=O)N1CCCN(CCCc2ccccc2)CC1.